The SMILES string of the molecule is COc1ccc(-c2c(Cl)nc(C)nc2NC2CCCC2)cc1OC.COc1ccc(B(O)O)cc1OC.Cc1nc(Cl)c(I)c(NC2CCCC2)n1. The van der Waals surface area contributed by atoms with Gasteiger partial charge in [-0.1, -0.05) is 61.0 Å². The lowest BCUT2D eigenvalue weighted by atomic mass is 9.80. The first-order valence-corrected chi connectivity index (χ1v) is 18.9. The highest BCUT2D eigenvalue weighted by atomic mass is 127. The number of nitrogens with one attached hydrogen (secondary N) is 2. The zero-order valence-electron chi connectivity index (χ0n) is 30.3. The fraction of sp³-hybridized carbons (Fsp3) is 0.444. The first-order valence-electron chi connectivity index (χ1n) is 17.0. The highest BCUT2D eigenvalue weighted by molar-refractivity contribution is 14.1. The van der Waals surface area contributed by atoms with Gasteiger partial charge in [-0.05, 0) is 97.4 Å². The monoisotopic (exact) mass is 866 g/mol. The summed E-state index contributed by atoms with van der Waals surface area (Å²) in [5, 5.41) is 25.7. The summed E-state index contributed by atoms with van der Waals surface area (Å²) in [7, 11) is 4.76. The lowest BCUT2D eigenvalue weighted by Gasteiger charge is -2.18. The van der Waals surface area contributed by atoms with Crippen LogP contribution in [0.1, 0.15) is 63.0 Å². The average Bonchev–Trinajstić information content (AvgIpc) is 3.85. The van der Waals surface area contributed by atoms with Crippen LogP contribution in [-0.4, -0.2) is 77.6 Å². The number of benzene rings is 2. The third-order valence-corrected chi connectivity index (χ3v) is 10.6. The molecule has 2 aromatic carbocycles. The van der Waals surface area contributed by atoms with Crippen LogP contribution in [-0.2, 0) is 0 Å². The van der Waals surface area contributed by atoms with Gasteiger partial charge in [-0.2, -0.15) is 0 Å². The van der Waals surface area contributed by atoms with Crippen LogP contribution < -0.4 is 35.0 Å². The second-order valence-corrected chi connectivity index (χ2v) is 14.1. The Labute approximate surface area is 329 Å². The zero-order chi connectivity index (χ0) is 37.8. The summed E-state index contributed by atoms with van der Waals surface area (Å²) < 4.78 is 21.6. The van der Waals surface area contributed by atoms with Crippen molar-refractivity contribution in [2.24, 2.45) is 0 Å². The van der Waals surface area contributed by atoms with Crippen molar-refractivity contribution in [3.8, 4) is 34.1 Å². The van der Waals surface area contributed by atoms with Crippen molar-refractivity contribution in [2.45, 2.75) is 77.3 Å². The fourth-order valence-electron chi connectivity index (χ4n) is 6.05. The fourth-order valence-corrected chi connectivity index (χ4v) is 6.98. The van der Waals surface area contributed by atoms with Crippen molar-refractivity contribution in [3.63, 3.8) is 0 Å². The molecule has 0 spiro atoms. The van der Waals surface area contributed by atoms with Crippen molar-refractivity contribution >= 4 is 70.0 Å². The number of halogens is 3. The molecular weight excluding hydrogens is 821 g/mol. The van der Waals surface area contributed by atoms with E-state index in [1.807, 2.05) is 32.0 Å². The van der Waals surface area contributed by atoms with Crippen LogP contribution in [0.4, 0.5) is 11.6 Å². The van der Waals surface area contributed by atoms with E-state index in [1.54, 1.807) is 26.4 Å². The Morgan fingerprint density at radius 1 is 0.654 bits per heavy atom. The highest BCUT2D eigenvalue weighted by Crippen LogP contribution is 2.39. The predicted octanol–water partition coefficient (Wildman–Crippen LogP) is 7.26. The minimum absolute atomic E-state index is 0.373. The molecule has 0 saturated heterocycles. The van der Waals surface area contributed by atoms with Gasteiger partial charge in [0, 0.05) is 12.1 Å². The van der Waals surface area contributed by atoms with Crippen LogP contribution in [0.3, 0.4) is 0 Å². The van der Waals surface area contributed by atoms with Crippen LogP contribution in [0.25, 0.3) is 11.1 Å². The number of aromatic nitrogens is 4. The topological polar surface area (TPSA) is 153 Å². The van der Waals surface area contributed by atoms with Crippen molar-refractivity contribution in [3.05, 3.63) is 61.9 Å². The lowest BCUT2D eigenvalue weighted by molar-refractivity contribution is 0.355. The summed E-state index contributed by atoms with van der Waals surface area (Å²) >= 11 is 14.7. The molecule has 4 aromatic rings. The Hall–Kier alpha value is -3.31. The molecule has 2 fully saturated rings. The van der Waals surface area contributed by atoms with Crippen molar-refractivity contribution in [1.82, 2.24) is 19.9 Å². The number of hydrogen-bond acceptors (Lipinski definition) is 12. The number of ether oxygens (including phenoxy) is 4. The van der Waals surface area contributed by atoms with Crippen LogP contribution in [0.2, 0.25) is 10.3 Å². The average molecular weight is 867 g/mol. The molecule has 0 amide bonds. The second kappa shape index (κ2) is 20.2. The van der Waals surface area contributed by atoms with Crippen LogP contribution in [0.5, 0.6) is 23.0 Å². The van der Waals surface area contributed by atoms with E-state index < -0.39 is 7.12 Å². The normalized spacial score (nSPS) is 14.1. The van der Waals surface area contributed by atoms with Crippen LogP contribution >= 0.6 is 45.8 Å². The van der Waals surface area contributed by atoms with E-state index in [4.69, 9.17) is 52.2 Å². The number of aryl methyl sites for hydroxylation is 2. The summed E-state index contributed by atoms with van der Waals surface area (Å²) in [6.07, 6.45) is 9.91. The molecule has 0 radical (unpaired) electrons. The molecule has 12 nitrogen and oxygen atoms in total. The van der Waals surface area contributed by atoms with Gasteiger partial charge in [0.2, 0.25) is 0 Å². The van der Waals surface area contributed by atoms with Crippen molar-refractivity contribution < 1.29 is 29.0 Å². The van der Waals surface area contributed by atoms with E-state index in [2.05, 4.69) is 53.2 Å². The predicted molar refractivity (Wildman–Crippen MR) is 216 cm³/mol. The Bertz CT molecular complexity index is 1780. The molecule has 0 aliphatic heterocycles. The van der Waals surface area contributed by atoms with Crippen LogP contribution in [0, 0.1) is 17.4 Å². The number of nitrogens with zero attached hydrogens (tertiary/aromatic N) is 4. The van der Waals surface area contributed by atoms with Crippen molar-refractivity contribution in [2.75, 3.05) is 39.1 Å². The molecule has 0 atom stereocenters. The molecule has 2 saturated carbocycles. The molecule has 2 aromatic heterocycles. The van der Waals surface area contributed by atoms with Gasteiger partial charge in [0.25, 0.3) is 0 Å². The minimum Gasteiger partial charge on any atom is -0.493 e. The molecule has 2 aliphatic rings. The summed E-state index contributed by atoms with van der Waals surface area (Å²) in [4.78, 5) is 17.4. The van der Waals surface area contributed by atoms with Crippen LogP contribution in [0.15, 0.2) is 36.4 Å². The van der Waals surface area contributed by atoms with E-state index >= 15 is 0 Å². The number of rotatable bonds is 10. The quantitative estimate of drug-likeness (QED) is 0.0722. The van der Waals surface area contributed by atoms with E-state index in [0.29, 0.717) is 56.7 Å². The van der Waals surface area contributed by atoms with E-state index in [-0.39, 0.29) is 0 Å². The lowest BCUT2D eigenvalue weighted by Crippen LogP contribution is -2.29. The van der Waals surface area contributed by atoms with Gasteiger partial charge in [0.1, 0.15) is 33.6 Å². The van der Waals surface area contributed by atoms with Gasteiger partial charge in [-0.25, -0.2) is 19.9 Å². The molecule has 16 heteroatoms. The maximum absolute atomic E-state index is 8.87. The number of anilines is 2. The maximum atomic E-state index is 8.87. The smallest absolute Gasteiger partial charge is 0.488 e. The van der Waals surface area contributed by atoms with E-state index in [1.165, 1.54) is 58.8 Å². The molecule has 6 rings (SSSR count). The maximum Gasteiger partial charge on any atom is 0.488 e. The second-order valence-electron chi connectivity index (χ2n) is 12.3. The molecular formula is C36H46BCl2IN6O6. The van der Waals surface area contributed by atoms with Gasteiger partial charge in [-0.3, -0.25) is 0 Å². The van der Waals surface area contributed by atoms with Gasteiger partial charge in [-0.15, -0.1) is 0 Å². The van der Waals surface area contributed by atoms with Gasteiger partial charge in [0.05, 0.1) is 37.6 Å². The largest absolute Gasteiger partial charge is 0.493 e. The zero-order valence-corrected chi connectivity index (χ0v) is 34.0. The molecule has 2 heterocycles. The Kier molecular flexibility index (Phi) is 16.1. The number of hydrogen-bond donors (Lipinski definition) is 4. The van der Waals surface area contributed by atoms with Gasteiger partial charge >= 0.3 is 7.12 Å². The Morgan fingerprint density at radius 3 is 1.63 bits per heavy atom. The third kappa shape index (κ3) is 11.3. The Morgan fingerprint density at radius 2 is 1.12 bits per heavy atom. The number of methoxy groups -OCH3 is 4. The Balaban J connectivity index is 0.000000186. The van der Waals surface area contributed by atoms with E-state index in [0.717, 1.165) is 45.0 Å². The highest BCUT2D eigenvalue weighted by Gasteiger charge is 2.21. The summed E-state index contributed by atoms with van der Waals surface area (Å²) in [5.74, 6) is 5.42. The van der Waals surface area contributed by atoms with Gasteiger partial charge in [0.15, 0.2) is 23.0 Å². The summed E-state index contributed by atoms with van der Waals surface area (Å²) in [6.45, 7) is 3.71. The molecule has 0 bridgehead atoms. The molecule has 0 unspecified atom stereocenters. The molecule has 52 heavy (non-hydrogen) atoms. The first kappa shape index (κ1) is 41.5. The standard InChI is InChI=1S/C18H22ClN3O2.C10H13ClIN3.C8H11BO4/c1-11-20-17(19)16(18(21-11)22-13-6-4-5-7-13)12-8-9-14(23-2)15(10-12)24-3;1-6-13-9(11)8(12)10(14-6)15-7-4-2-3-5-7;1-12-7-4-3-6(9(10)11)5-8(7)13-2/h8-10,13H,4-7H2,1-3H3,(H,20,21,22);7H,2-5H2,1H3,(H,13,14,15);3-5,10-11H,1-2H3. The summed E-state index contributed by atoms with van der Waals surface area (Å²) in [5.41, 5.74) is 2.07. The van der Waals surface area contributed by atoms with Crippen molar-refractivity contribution in [1.29, 1.82) is 0 Å². The first-order chi connectivity index (χ1) is 25.0. The van der Waals surface area contributed by atoms with E-state index in [9.17, 15) is 0 Å². The third-order valence-electron chi connectivity index (χ3n) is 8.67. The summed E-state index contributed by atoms with van der Waals surface area (Å²) in [6, 6.07) is 11.4. The molecule has 2 aliphatic carbocycles. The van der Waals surface area contributed by atoms with Gasteiger partial charge < -0.3 is 39.6 Å². The minimum atomic E-state index is -1.49. The molecule has 4 N–H and O–H groups in total. The molecule has 280 valence electrons.